The summed E-state index contributed by atoms with van der Waals surface area (Å²) in [6.07, 6.45) is 1.36. The molecule has 2 rings (SSSR count). The summed E-state index contributed by atoms with van der Waals surface area (Å²) in [5, 5.41) is 12.9. The molecule has 4 nitrogen and oxygen atoms in total. The van der Waals surface area contributed by atoms with E-state index in [0.29, 0.717) is 27.0 Å². The standard InChI is InChI=1S/C17H11Cl3N2O2/c1-24-15-6-5-12(18)8-14(15)22-17(23)11(9-21)7-10-3-2-4-13(19)16(10)20/h2-8H,1H3,(H,22,23)/b11-7+. The van der Waals surface area contributed by atoms with E-state index < -0.39 is 5.91 Å². The van der Waals surface area contributed by atoms with Crippen molar-refractivity contribution < 1.29 is 9.53 Å². The van der Waals surface area contributed by atoms with Gasteiger partial charge in [-0.05, 0) is 35.9 Å². The van der Waals surface area contributed by atoms with Gasteiger partial charge in [0, 0.05) is 5.02 Å². The average Bonchev–Trinajstić information content (AvgIpc) is 2.56. The van der Waals surface area contributed by atoms with Gasteiger partial charge in [0.05, 0.1) is 22.8 Å². The Bertz CT molecular complexity index is 857. The van der Waals surface area contributed by atoms with Crippen LogP contribution in [0.4, 0.5) is 5.69 Å². The zero-order valence-corrected chi connectivity index (χ0v) is 14.7. The fraction of sp³-hybridized carbons (Fsp3) is 0.0588. The van der Waals surface area contributed by atoms with Crippen LogP contribution in [0.15, 0.2) is 42.0 Å². The van der Waals surface area contributed by atoms with Crippen molar-refractivity contribution in [2.24, 2.45) is 0 Å². The van der Waals surface area contributed by atoms with Crippen molar-refractivity contribution in [2.75, 3.05) is 12.4 Å². The highest BCUT2D eigenvalue weighted by molar-refractivity contribution is 6.43. The second-order valence-electron chi connectivity index (χ2n) is 4.61. The lowest BCUT2D eigenvalue weighted by molar-refractivity contribution is -0.112. The number of nitriles is 1. The van der Waals surface area contributed by atoms with Crippen molar-refractivity contribution in [1.82, 2.24) is 0 Å². The molecule has 0 aliphatic rings. The maximum atomic E-state index is 12.3. The molecule has 0 aliphatic carbocycles. The summed E-state index contributed by atoms with van der Waals surface area (Å²) in [4.78, 5) is 12.3. The van der Waals surface area contributed by atoms with Crippen LogP contribution in [0.25, 0.3) is 6.08 Å². The van der Waals surface area contributed by atoms with Crippen molar-refractivity contribution in [3.8, 4) is 11.8 Å². The SMILES string of the molecule is COc1ccc(Cl)cc1NC(=O)/C(C#N)=C/c1cccc(Cl)c1Cl. The third kappa shape index (κ3) is 4.21. The Balaban J connectivity index is 2.34. The fourth-order valence-electron chi connectivity index (χ4n) is 1.90. The summed E-state index contributed by atoms with van der Waals surface area (Å²) >= 11 is 17.9. The third-order valence-corrected chi connectivity index (χ3v) is 4.12. The molecule has 2 aromatic carbocycles. The number of amides is 1. The molecule has 0 bridgehead atoms. The average molecular weight is 382 g/mol. The zero-order valence-electron chi connectivity index (χ0n) is 12.4. The van der Waals surface area contributed by atoms with Gasteiger partial charge in [-0.15, -0.1) is 0 Å². The number of nitrogens with zero attached hydrogens (tertiary/aromatic N) is 1. The number of hydrogen-bond donors (Lipinski definition) is 1. The van der Waals surface area contributed by atoms with Crippen LogP contribution in [0.3, 0.4) is 0 Å². The van der Waals surface area contributed by atoms with Gasteiger partial charge in [-0.2, -0.15) is 5.26 Å². The normalized spacial score (nSPS) is 10.9. The van der Waals surface area contributed by atoms with Crippen LogP contribution in [0, 0.1) is 11.3 Å². The quantitative estimate of drug-likeness (QED) is 0.585. The molecule has 24 heavy (non-hydrogen) atoms. The van der Waals surface area contributed by atoms with Gasteiger partial charge in [-0.1, -0.05) is 46.9 Å². The summed E-state index contributed by atoms with van der Waals surface area (Å²) in [5.41, 5.74) is 0.684. The van der Waals surface area contributed by atoms with E-state index in [1.807, 2.05) is 6.07 Å². The number of benzene rings is 2. The Morgan fingerprint density at radius 2 is 2.00 bits per heavy atom. The molecule has 0 heterocycles. The molecule has 7 heteroatoms. The van der Waals surface area contributed by atoms with Gasteiger partial charge in [0.2, 0.25) is 0 Å². The Morgan fingerprint density at radius 1 is 1.25 bits per heavy atom. The summed E-state index contributed by atoms with van der Waals surface area (Å²) in [6.45, 7) is 0. The van der Waals surface area contributed by atoms with E-state index in [1.54, 1.807) is 30.3 Å². The number of halogens is 3. The van der Waals surface area contributed by atoms with Crippen LogP contribution >= 0.6 is 34.8 Å². The molecule has 1 N–H and O–H groups in total. The lowest BCUT2D eigenvalue weighted by Gasteiger charge is -2.10. The van der Waals surface area contributed by atoms with Crippen LogP contribution in [-0.2, 0) is 4.79 Å². The van der Waals surface area contributed by atoms with Crippen LogP contribution in [0.5, 0.6) is 5.75 Å². The highest BCUT2D eigenvalue weighted by Gasteiger charge is 2.14. The molecule has 0 fully saturated rings. The van der Waals surface area contributed by atoms with E-state index >= 15 is 0 Å². The van der Waals surface area contributed by atoms with Crippen molar-refractivity contribution in [2.45, 2.75) is 0 Å². The molecule has 0 unspecified atom stereocenters. The van der Waals surface area contributed by atoms with E-state index in [9.17, 15) is 10.1 Å². The number of carbonyl (C=O) groups is 1. The van der Waals surface area contributed by atoms with Gasteiger partial charge < -0.3 is 10.1 Å². The lowest BCUT2D eigenvalue weighted by atomic mass is 10.1. The van der Waals surface area contributed by atoms with Crippen molar-refractivity contribution in [1.29, 1.82) is 5.26 Å². The van der Waals surface area contributed by atoms with Gasteiger partial charge in [-0.3, -0.25) is 4.79 Å². The van der Waals surface area contributed by atoms with Crippen LogP contribution < -0.4 is 10.1 Å². The minimum atomic E-state index is -0.617. The molecule has 0 spiro atoms. The second-order valence-corrected chi connectivity index (χ2v) is 5.83. The number of rotatable bonds is 4. The zero-order chi connectivity index (χ0) is 17.7. The number of methoxy groups -OCH3 is 1. The summed E-state index contributed by atoms with van der Waals surface area (Å²) in [7, 11) is 1.46. The molecule has 0 saturated carbocycles. The van der Waals surface area contributed by atoms with Crippen LogP contribution in [0.1, 0.15) is 5.56 Å². The molecule has 1 amide bonds. The molecule has 0 saturated heterocycles. The van der Waals surface area contributed by atoms with Crippen molar-refractivity contribution in [3.63, 3.8) is 0 Å². The summed E-state index contributed by atoms with van der Waals surface area (Å²) < 4.78 is 5.15. The maximum absolute atomic E-state index is 12.3. The Hall–Kier alpha value is -2.19. The minimum absolute atomic E-state index is 0.138. The van der Waals surface area contributed by atoms with Crippen molar-refractivity contribution in [3.05, 3.63) is 62.6 Å². The second kappa shape index (κ2) is 8.07. The number of ether oxygens (including phenoxy) is 1. The summed E-state index contributed by atoms with van der Waals surface area (Å²) in [6, 6.07) is 11.6. The van der Waals surface area contributed by atoms with E-state index in [2.05, 4.69) is 5.32 Å². The largest absolute Gasteiger partial charge is 0.495 e. The Kier molecular flexibility index (Phi) is 6.10. The number of anilines is 1. The first kappa shape index (κ1) is 18.2. The minimum Gasteiger partial charge on any atom is -0.495 e. The van der Waals surface area contributed by atoms with Crippen molar-refractivity contribution >= 4 is 52.5 Å². The molecule has 0 aliphatic heterocycles. The first-order chi connectivity index (χ1) is 11.5. The highest BCUT2D eigenvalue weighted by atomic mass is 35.5. The molecular formula is C17H11Cl3N2O2. The molecular weight excluding hydrogens is 371 g/mol. The molecule has 0 radical (unpaired) electrons. The first-order valence-corrected chi connectivity index (χ1v) is 7.80. The van der Waals surface area contributed by atoms with Crippen LogP contribution in [-0.4, -0.2) is 13.0 Å². The van der Waals surface area contributed by atoms with E-state index in [0.717, 1.165) is 0 Å². The Morgan fingerprint density at radius 3 is 2.67 bits per heavy atom. The lowest BCUT2D eigenvalue weighted by Crippen LogP contribution is -2.14. The molecule has 0 atom stereocenters. The Labute approximate surface area is 154 Å². The third-order valence-electron chi connectivity index (χ3n) is 3.06. The van der Waals surface area contributed by atoms with Gasteiger partial charge in [0.25, 0.3) is 5.91 Å². The van der Waals surface area contributed by atoms with Gasteiger partial charge in [-0.25, -0.2) is 0 Å². The smallest absolute Gasteiger partial charge is 0.266 e. The van der Waals surface area contributed by atoms with Crippen LogP contribution in [0.2, 0.25) is 15.1 Å². The number of nitrogens with one attached hydrogen (secondary N) is 1. The monoisotopic (exact) mass is 380 g/mol. The van der Waals surface area contributed by atoms with Gasteiger partial charge in [0.15, 0.2) is 0 Å². The number of carbonyl (C=O) groups excluding carboxylic acids is 1. The van der Waals surface area contributed by atoms with Gasteiger partial charge >= 0.3 is 0 Å². The first-order valence-electron chi connectivity index (χ1n) is 6.67. The topological polar surface area (TPSA) is 62.1 Å². The molecule has 2 aromatic rings. The predicted octanol–water partition coefficient (Wildman–Crippen LogP) is 5.20. The highest BCUT2D eigenvalue weighted by Crippen LogP contribution is 2.29. The molecule has 122 valence electrons. The summed E-state index contributed by atoms with van der Waals surface area (Å²) in [5.74, 6) is -0.195. The number of hydrogen-bond acceptors (Lipinski definition) is 3. The van der Waals surface area contributed by atoms with E-state index in [-0.39, 0.29) is 10.6 Å². The van der Waals surface area contributed by atoms with E-state index in [1.165, 1.54) is 19.3 Å². The van der Waals surface area contributed by atoms with Gasteiger partial charge in [0.1, 0.15) is 17.4 Å². The predicted molar refractivity (Wildman–Crippen MR) is 96.7 cm³/mol. The van der Waals surface area contributed by atoms with E-state index in [4.69, 9.17) is 39.5 Å². The fourth-order valence-corrected chi connectivity index (χ4v) is 2.44. The molecule has 0 aromatic heterocycles. The maximum Gasteiger partial charge on any atom is 0.266 e.